The van der Waals surface area contributed by atoms with Gasteiger partial charge in [-0.2, -0.15) is 0 Å². The molecule has 2 rings (SSSR count). The minimum atomic E-state index is -0.209. The smallest absolute Gasteiger partial charge is 0.129 e. The van der Waals surface area contributed by atoms with Gasteiger partial charge in [0.2, 0.25) is 0 Å². The molecule has 1 aromatic carbocycles. The van der Waals surface area contributed by atoms with Crippen LogP contribution in [0.4, 0.5) is 4.39 Å². The molecule has 1 aromatic rings. The van der Waals surface area contributed by atoms with Crippen LogP contribution in [0.2, 0.25) is 5.02 Å². The average molecular weight is 284 g/mol. The molecule has 0 saturated heterocycles. The summed E-state index contributed by atoms with van der Waals surface area (Å²) < 4.78 is 13.6. The Bertz CT molecular complexity index is 400. The Morgan fingerprint density at radius 3 is 2.63 bits per heavy atom. The van der Waals surface area contributed by atoms with Crippen LogP contribution in [-0.4, -0.2) is 6.04 Å². The third-order valence-electron chi connectivity index (χ3n) is 4.14. The number of rotatable bonds is 5. The van der Waals surface area contributed by atoms with Gasteiger partial charge in [0.25, 0.3) is 0 Å². The number of hydrogen-bond donors (Lipinski definition) is 1. The fourth-order valence-corrected chi connectivity index (χ4v) is 3.14. The largest absolute Gasteiger partial charge is 0.310 e. The summed E-state index contributed by atoms with van der Waals surface area (Å²) in [5, 5.41) is 3.94. The number of hydrogen-bond acceptors (Lipinski definition) is 1. The Kier molecular flexibility index (Phi) is 5.65. The van der Waals surface area contributed by atoms with E-state index in [0.29, 0.717) is 23.2 Å². The molecular formula is C16H23ClFN. The zero-order chi connectivity index (χ0) is 13.7. The maximum absolute atomic E-state index is 13.6. The standard InChI is InChI=1S/C16H23ClFN/c1-2-3-12-4-8-15(9-5-12)19-11-13-6-7-14(17)10-16(13)18/h6-7,10,12,15,19H,2-5,8-9,11H2,1H3. The molecule has 0 amide bonds. The first-order chi connectivity index (χ1) is 9.19. The van der Waals surface area contributed by atoms with E-state index in [1.165, 1.54) is 44.6 Å². The van der Waals surface area contributed by atoms with Crippen LogP contribution in [0.25, 0.3) is 0 Å². The molecule has 106 valence electrons. The van der Waals surface area contributed by atoms with Gasteiger partial charge in [-0.25, -0.2) is 4.39 Å². The van der Waals surface area contributed by atoms with E-state index in [2.05, 4.69) is 12.2 Å². The van der Waals surface area contributed by atoms with E-state index in [1.807, 2.05) is 0 Å². The van der Waals surface area contributed by atoms with Gasteiger partial charge in [-0.3, -0.25) is 0 Å². The molecule has 1 aliphatic carbocycles. The molecule has 1 N–H and O–H groups in total. The summed E-state index contributed by atoms with van der Waals surface area (Å²) in [5.41, 5.74) is 0.708. The fourth-order valence-electron chi connectivity index (χ4n) is 2.98. The Labute approximate surface area is 120 Å². The van der Waals surface area contributed by atoms with Gasteiger partial charge in [0.05, 0.1) is 0 Å². The van der Waals surface area contributed by atoms with Crippen LogP contribution in [0.5, 0.6) is 0 Å². The van der Waals surface area contributed by atoms with Crippen molar-refractivity contribution < 1.29 is 4.39 Å². The summed E-state index contributed by atoms with van der Waals surface area (Å²) in [5.74, 6) is 0.704. The molecule has 0 aliphatic heterocycles. The molecule has 0 atom stereocenters. The lowest BCUT2D eigenvalue weighted by atomic mass is 9.83. The second kappa shape index (κ2) is 7.25. The van der Waals surface area contributed by atoms with Gasteiger partial charge < -0.3 is 5.32 Å². The van der Waals surface area contributed by atoms with Gasteiger partial charge >= 0.3 is 0 Å². The van der Waals surface area contributed by atoms with Crippen molar-refractivity contribution >= 4 is 11.6 Å². The van der Waals surface area contributed by atoms with Crippen LogP contribution in [0, 0.1) is 11.7 Å². The third kappa shape index (κ3) is 4.47. The second-order valence-electron chi connectivity index (χ2n) is 5.62. The van der Waals surface area contributed by atoms with Gasteiger partial charge in [-0.05, 0) is 43.7 Å². The maximum atomic E-state index is 13.6. The lowest BCUT2D eigenvalue weighted by Crippen LogP contribution is -2.33. The van der Waals surface area contributed by atoms with Crippen molar-refractivity contribution in [1.29, 1.82) is 0 Å². The number of halogens is 2. The van der Waals surface area contributed by atoms with E-state index in [0.717, 1.165) is 5.92 Å². The molecule has 1 fully saturated rings. The van der Waals surface area contributed by atoms with E-state index in [9.17, 15) is 4.39 Å². The number of benzene rings is 1. The van der Waals surface area contributed by atoms with Crippen LogP contribution < -0.4 is 5.32 Å². The third-order valence-corrected chi connectivity index (χ3v) is 4.38. The van der Waals surface area contributed by atoms with Crippen molar-refractivity contribution in [2.45, 2.75) is 58.0 Å². The fraction of sp³-hybridized carbons (Fsp3) is 0.625. The first kappa shape index (κ1) is 14.8. The molecule has 0 spiro atoms. The summed E-state index contributed by atoms with van der Waals surface area (Å²) in [6.07, 6.45) is 7.72. The SMILES string of the molecule is CCCC1CCC(NCc2ccc(Cl)cc2F)CC1. The minimum Gasteiger partial charge on any atom is -0.310 e. The normalized spacial score (nSPS) is 23.5. The van der Waals surface area contributed by atoms with Gasteiger partial charge in [0.15, 0.2) is 0 Å². The van der Waals surface area contributed by atoms with Crippen molar-refractivity contribution in [2.75, 3.05) is 0 Å². The highest BCUT2D eigenvalue weighted by atomic mass is 35.5. The zero-order valence-electron chi connectivity index (χ0n) is 11.6. The molecule has 3 heteroatoms. The molecule has 1 nitrogen and oxygen atoms in total. The number of nitrogens with one attached hydrogen (secondary N) is 1. The minimum absolute atomic E-state index is 0.209. The highest BCUT2D eigenvalue weighted by Gasteiger charge is 2.20. The summed E-state index contributed by atoms with van der Waals surface area (Å²) >= 11 is 5.75. The van der Waals surface area contributed by atoms with Crippen molar-refractivity contribution in [3.8, 4) is 0 Å². The van der Waals surface area contributed by atoms with Crippen LogP contribution in [0.1, 0.15) is 51.0 Å². The molecule has 0 heterocycles. The van der Waals surface area contributed by atoms with E-state index in [-0.39, 0.29) is 5.82 Å². The highest BCUT2D eigenvalue weighted by Crippen LogP contribution is 2.28. The van der Waals surface area contributed by atoms with E-state index < -0.39 is 0 Å². The maximum Gasteiger partial charge on any atom is 0.129 e. The summed E-state index contributed by atoms with van der Waals surface area (Å²) in [6.45, 7) is 2.86. The van der Waals surface area contributed by atoms with E-state index in [4.69, 9.17) is 11.6 Å². The first-order valence-electron chi connectivity index (χ1n) is 7.36. The molecule has 1 aliphatic rings. The van der Waals surface area contributed by atoms with Crippen molar-refractivity contribution in [3.05, 3.63) is 34.6 Å². The van der Waals surface area contributed by atoms with Gasteiger partial charge in [0, 0.05) is 23.2 Å². The Morgan fingerprint density at radius 1 is 1.26 bits per heavy atom. The lowest BCUT2D eigenvalue weighted by molar-refractivity contribution is 0.277. The Morgan fingerprint density at radius 2 is 2.00 bits per heavy atom. The molecule has 19 heavy (non-hydrogen) atoms. The van der Waals surface area contributed by atoms with Crippen molar-refractivity contribution in [2.24, 2.45) is 5.92 Å². The van der Waals surface area contributed by atoms with Crippen molar-refractivity contribution in [1.82, 2.24) is 5.32 Å². The average Bonchev–Trinajstić information content (AvgIpc) is 2.40. The summed E-state index contributed by atoms with van der Waals surface area (Å²) in [4.78, 5) is 0. The topological polar surface area (TPSA) is 12.0 Å². The quantitative estimate of drug-likeness (QED) is 0.808. The monoisotopic (exact) mass is 283 g/mol. The van der Waals surface area contributed by atoms with Gasteiger partial charge in [-0.15, -0.1) is 0 Å². The van der Waals surface area contributed by atoms with Gasteiger partial charge in [0.1, 0.15) is 5.82 Å². The molecule has 0 aromatic heterocycles. The molecular weight excluding hydrogens is 261 g/mol. The molecule has 0 unspecified atom stereocenters. The van der Waals surface area contributed by atoms with Gasteiger partial charge in [-0.1, -0.05) is 37.4 Å². The first-order valence-corrected chi connectivity index (χ1v) is 7.74. The van der Waals surface area contributed by atoms with Crippen LogP contribution in [0.15, 0.2) is 18.2 Å². The Balaban J connectivity index is 1.77. The second-order valence-corrected chi connectivity index (χ2v) is 6.06. The van der Waals surface area contributed by atoms with Crippen LogP contribution in [0.3, 0.4) is 0 Å². The van der Waals surface area contributed by atoms with Crippen LogP contribution >= 0.6 is 11.6 Å². The summed E-state index contributed by atoms with van der Waals surface area (Å²) in [7, 11) is 0. The zero-order valence-corrected chi connectivity index (χ0v) is 12.3. The van der Waals surface area contributed by atoms with Crippen LogP contribution in [-0.2, 0) is 6.54 Å². The molecule has 0 radical (unpaired) electrons. The predicted octanol–water partition coefficient (Wildman–Crippen LogP) is 4.93. The van der Waals surface area contributed by atoms with E-state index in [1.54, 1.807) is 12.1 Å². The predicted molar refractivity (Wildman–Crippen MR) is 78.9 cm³/mol. The van der Waals surface area contributed by atoms with E-state index >= 15 is 0 Å². The van der Waals surface area contributed by atoms with Crippen molar-refractivity contribution in [3.63, 3.8) is 0 Å². The lowest BCUT2D eigenvalue weighted by Gasteiger charge is -2.29. The highest BCUT2D eigenvalue weighted by molar-refractivity contribution is 6.30. The Hall–Kier alpha value is -0.600. The summed E-state index contributed by atoms with van der Waals surface area (Å²) in [6, 6.07) is 5.45. The molecule has 0 bridgehead atoms. The molecule has 1 saturated carbocycles.